The number of fused-ring (bicyclic) bond motifs is 1. The number of ether oxygens (including phenoxy) is 1. The molecule has 0 saturated heterocycles. The zero-order valence-electron chi connectivity index (χ0n) is 13.9. The molecule has 24 heavy (non-hydrogen) atoms. The molecule has 1 atom stereocenters. The number of nitrogens with zero attached hydrogens (tertiary/aromatic N) is 3. The van der Waals surface area contributed by atoms with Crippen LogP contribution in [-0.2, 0) is 24.8 Å². The van der Waals surface area contributed by atoms with E-state index in [2.05, 4.69) is 10.1 Å². The van der Waals surface area contributed by atoms with Crippen LogP contribution in [0.25, 0.3) is 5.52 Å². The normalized spacial score (nSPS) is 13.5. The Morgan fingerprint density at radius 2 is 2.00 bits per heavy atom. The van der Waals surface area contributed by atoms with Gasteiger partial charge in [-0.3, -0.25) is 4.57 Å². The maximum absolute atomic E-state index is 13.3. The molecular formula is C14H22FN4O4P. The van der Waals surface area contributed by atoms with Gasteiger partial charge in [-0.2, -0.15) is 9.37 Å². The monoisotopic (exact) mass is 360 g/mol. The third-order valence-corrected chi connectivity index (χ3v) is 5.03. The first kappa shape index (κ1) is 18.8. The number of hydrogen-bond acceptors (Lipinski definition) is 7. The molecule has 8 nitrogen and oxygen atoms in total. The van der Waals surface area contributed by atoms with E-state index in [1.165, 1.54) is 4.52 Å². The summed E-state index contributed by atoms with van der Waals surface area (Å²) in [5, 5.41) is 3.72. The molecule has 2 N–H and O–H groups in total. The molecule has 1 unspecified atom stereocenters. The molecule has 0 fully saturated rings. The van der Waals surface area contributed by atoms with E-state index in [-0.39, 0.29) is 31.5 Å². The van der Waals surface area contributed by atoms with Crippen molar-refractivity contribution in [3.05, 3.63) is 23.9 Å². The van der Waals surface area contributed by atoms with E-state index in [0.29, 0.717) is 17.6 Å². The fourth-order valence-electron chi connectivity index (χ4n) is 2.28. The van der Waals surface area contributed by atoms with Gasteiger partial charge in [0.15, 0.2) is 5.82 Å². The minimum absolute atomic E-state index is 0.0690. The quantitative estimate of drug-likeness (QED) is 0.686. The molecule has 0 spiro atoms. The molecule has 0 aliphatic carbocycles. The minimum atomic E-state index is -3.26. The molecule has 0 aliphatic rings. The van der Waals surface area contributed by atoms with Gasteiger partial charge in [0.1, 0.15) is 11.9 Å². The first-order chi connectivity index (χ1) is 11.4. The van der Waals surface area contributed by atoms with Gasteiger partial charge >= 0.3 is 13.7 Å². The Morgan fingerprint density at radius 3 is 2.62 bits per heavy atom. The molecule has 2 rings (SSSR count). The van der Waals surface area contributed by atoms with Gasteiger partial charge in [0.25, 0.3) is 0 Å². The Balaban J connectivity index is 2.05. The SMILES string of the molecule is CCOP(=O)(COC(C)Cc1ccc2c(N)nc(F)nn12)OCC. The summed E-state index contributed by atoms with van der Waals surface area (Å²) in [6, 6.07) is 3.48. The summed E-state index contributed by atoms with van der Waals surface area (Å²) in [6.07, 6.45) is -0.938. The van der Waals surface area contributed by atoms with E-state index in [4.69, 9.17) is 19.5 Å². The molecular weight excluding hydrogens is 338 g/mol. The molecule has 0 bridgehead atoms. The van der Waals surface area contributed by atoms with Crippen molar-refractivity contribution < 1.29 is 22.7 Å². The zero-order valence-corrected chi connectivity index (χ0v) is 14.8. The van der Waals surface area contributed by atoms with Crippen molar-refractivity contribution in [2.45, 2.75) is 33.3 Å². The molecule has 10 heteroatoms. The average molecular weight is 360 g/mol. The molecule has 2 aromatic heterocycles. The maximum atomic E-state index is 13.3. The van der Waals surface area contributed by atoms with Gasteiger partial charge in [0.05, 0.1) is 19.3 Å². The van der Waals surface area contributed by atoms with Crippen LogP contribution in [-0.4, -0.2) is 40.3 Å². The molecule has 0 aromatic carbocycles. The topological polar surface area (TPSA) is 101 Å². The Hall–Kier alpha value is -1.54. The van der Waals surface area contributed by atoms with Gasteiger partial charge in [0, 0.05) is 12.1 Å². The highest BCUT2D eigenvalue weighted by Gasteiger charge is 2.25. The lowest BCUT2D eigenvalue weighted by Crippen LogP contribution is -2.16. The highest BCUT2D eigenvalue weighted by molar-refractivity contribution is 7.53. The van der Waals surface area contributed by atoms with Crippen molar-refractivity contribution in [2.24, 2.45) is 0 Å². The van der Waals surface area contributed by atoms with Gasteiger partial charge in [-0.05, 0) is 32.9 Å². The minimum Gasteiger partial charge on any atom is -0.382 e. The van der Waals surface area contributed by atoms with E-state index in [1.807, 2.05) is 6.92 Å². The standard InChI is InChI=1S/C14H22FN4O4P/c1-4-22-24(20,23-5-2)9-21-10(3)8-11-6-7-12-13(16)17-14(15)18-19(11)12/h6-7,10H,4-5,8-9H2,1-3H3,(H2,16,17,18). The van der Waals surface area contributed by atoms with Crippen molar-refractivity contribution in [3.8, 4) is 0 Å². The number of hydrogen-bond donors (Lipinski definition) is 1. The maximum Gasteiger partial charge on any atom is 0.356 e. The van der Waals surface area contributed by atoms with Gasteiger partial charge in [-0.25, -0.2) is 4.52 Å². The number of halogens is 1. The summed E-state index contributed by atoms with van der Waals surface area (Å²) in [5.41, 5.74) is 6.89. The van der Waals surface area contributed by atoms with E-state index in [9.17, 15) is 8.96 Å². The van der Waals surface area contributed by atoms with Crippen LogP contribution in [0.1, 0.15) is 26.5 Å². The summed E-state index contributed by atoms with van der Waals surface area (Å²) >= 11 is 0. The molecule has 0 saturated carbocycles. The van der Waals surface area contributed by atoms with Crippen molar-refractivity contribution in [1.82, 2.24) is 14.6 Å². The largest absolute Gasteiger partial charge is 0.382 e. The average Bonchev–Trinajstić information content (AvgIpc) is 2.89. The number of rotatable bonds is 9. The van der Waals surface area contributed by atoms with Gasteiger partial charge in [-0.1, -0.05) is 0 Å². The van der Waals surface area contributed by atoms with Crippen LogP contribution in [0.3, 0.4) is 0 Å². The van der Waals surface area contributed by atoms with Crippen LogP contribution in [0.5, 0.6) is 0 Å². The Kier molecular flexibility index (Phi) is 6.28. The third kappa shape index (κ3) is 4.51. The summed E-state index contributed by atoms with van der Waals surface area (Å²) in [6.45, 7) is 5.82. The highest BCUT2D eigenvalue weighted by Crippen LogP contribution is 2.48. The predicted molar refractivity (Wildman–Crippen MR) is 87.3 cm³/mol. The van der Waals surface area contributed by atoms with Crippen LogP contribution in [0.4, 0.5) is 10.2 Å². The molecule has 0 amide bonds. The lowest BCUT2D eigenvalue weighted by atomic mass is 10.2. The van der Waals surface area contributed by atoms with E-state index >= 15 is 0 Å². The number of aromatic nitrogens is 3. The molecule has 2 aromatic rings. The second kappa shape index (κ2) is 8.02. The number of nitrogens with two attached hydrogens (primary N) is 1. The van der Waals surface area contributed by atoms with Gasteiger partial charge in [-0.15, -0.1) is 5.10 Å². The fraction of sp³-hybridized carbons (Fsp3) is 0.571. The van der Waals surface area contributed by atoms with Crippen LogP contribution in [0, 0.1) is 6.08 Å². The molecule has 0 radical (unpaired) electrons. The van der Waals surface area contributed by atoms with E-state index in [0.717, 1.165) is 0 Å². The van der Waals surface area contributed by atoms with Crippen molar-refractivity contribution >= 4 is 18.9 Å². The van der Waals surface area contributed by atoms with E-state index in [1.54, 1.807) is 26.0 Å². The third-order valence-electron chi connectivity index (χ3n) is 3.26. The number of anilines is 1. The second-order valence-corrected chi connectivity index (χ2v) is 7.14. The smallest absolute Gasteiger partial charge is 0.356 e. The fourth-order valence-corrected chi connectivity index (χ4v) is 3.72. The Morgan fingerprint density at radius 1 is 1.33 bits per heavy atom. The highest BCUT2D eigenvalue weighted by atomic mass is 31.2. The van der Waals surface area contributed by atoms with Gasteiger partial charge in [0.2, 0.25) is 0 Å². The van der Waals surface area contributed by atoms with Crippen LogP contribution < -0.4 is 5.73 Å². The Bertz CT molecular complexity index is 729. The first-order valence-electron chi connectivity index (χ1n) is 7.68. The summed E-state index contributed by atoms with van der Waals surface area (Å²) in [7, 11) is -3.26. The molecule has 0 aliphatic heterocycles. The van der Waals surface area contributed by atoms with Crippen LogP contribution >= 0.6 is 7.60 Å². The number of nitrogen functional groups attached to an aromatic ring is 1. The summed E-state index contributed by atoms with van der Waals surface area (Å²) < 4.78 is 43.0. The lowest BCUT2D eigenvalue weighted by molar-refractivity contribution is 0.0769. The Labute approximate surface area is 139 Å². The van der Waals surface area contributed by atoms with Crippen LogP contribution in [0.15, 0.2) is 12.1 Å². The molecule has 134 valence electrons. The second-order valence-electron chi connectivity index (χ2n) is 5.14. The summed E-state index contributed by atoms with van der Waals surface area (Å²) in [5.74, 6) is 0.0690. The predicted octanol–water partition coefficient (Wildman–Crippen LogP) is 2.62. The van der Waals surface area contributed by atoms with Crippen molar-refractivity contribution in [2.75, 3.05) is 25.3 Å². The van der Waals surface area contributed by atoms with Crippen molar-refractivity contribution in [3.63, 3.8) is 0 Å². The van der Waals surface area contributed by atoms with Crippen LogP contribution in [0.2, 0.25) is 0 Å². The lowest BCUT2D eigenvalue weighted by Gasteiger charge is -2.19. The first-order valence-corrected chi connectivity index (χ1v) is 9.40. The summed E-state index contributed by atoms with van der Waals surface area (Å²) in [4.78, 5) is 3.48. The van der Waals surface area contributed by atoms with Crippen molar-refractivity contribution in [1.29, 1.82) is 0 Å². The molecule has 2 heterocycles. The van der Waals surface area contributed by atoms with Gasteiger partial charge < -0.3 is 19.5 Å². The zero-order chi connectivity index (χ0) is 17.7. The van der Waals surface area contributed by atoms with E-state index < -0.39 is 13.7 Å².